The summed E-state index contributed by atoms with van der Waals surface area (Å²) in [5, 5.41) is 5.93. The molecule has 2 heterocycles. The monoisotopic (exact) mass is 426 g/mol. The SMILES string of the molecule is COC1=CC(=Cc2c(N)n3nc(Cc4ccc(Cl)cc4)sc3nc2=O)C=CC1=O. The molecule has 1 aliphatic rings. The summed E-state index contributed by atoms with van der Waals surface area (Å²) in [4.78, 5) is 28.7. The number of nitrogens with zero attached hydrogens (tertiary/aromatic N) is 3. The van der Waals surface area contributed by atoms with E-state index in [0.717, 1.165) is 10.6 Å². The van der Waals surface area contributed by atoms with E-state index in [9.17, 15) is 9.59 Å². The normalized spacial score (nSPS) is 15.2. The Balaban J connectivity index is 1.73. The molecule has 29 heavy (non-hydrogen) atoms. The first-order chi connectivity index (χ1) is 13.9. The number of rotatable bonds is 4. The van der Waals surface area contributed by atoms with Crippen LogP contribution < -0.4 is 11.3 Å². The number of methoxy groups -OCH3 is 1. The van der Waals surface area contributed by atoms with Gasteiger partial charge in [-0.05, 0) is 41.5 Å². The molecule has 9 heteroatoms. The van der Waals surface area contributed by atoms with Gasteiger partial charge < -0.3 is 10.5 Å². The van der Waals surface area contributed by atoms with Crippen LogP contribution in [0.5, 0.6) is 0 Å². The van der Waals surface area contributed by atoms with E-state index in [1.54, 1.807) is 18.2 Å². The van der Waals surface area contributed by atoms with Gasteiger partial charge in [-0.2, -0.15) is 14.6 Å². The van der Waals surface area contributed by atoms with Gasteiger partial charge in [0, 0.05) is 11.4 Å². The molecule has 1 aliphatic carbocycles. The van der Waals surface area contributed by atoms with Crippen LogP contribution in [0, 0.1) is 0 Å². The van der Waals surface area contributed by atoms with E-state index in [4.69, 9.17) is 22.1 Å². The minimum absolute atomic E-state index is 0.184. The Morgan fingerprint density at radius 2 is 2.00 bits per heavy atom. The van der Waals surface area contributed by atoms with Crippen LogP contribution in [0.15, 0.2) is 58.6 Å². The number of carbonyl (C=O) groups excluding carboxylic acids is 1. The largest absolute Gasteiger partial charge is 0.493 e. The van der Waals surface area contributed by atoms with Crippen LogP contribution in [0.1, 0.15) is 16.1 Å². The molecule has 2 aromatic heterocycles. The van der Waals surface area contributed by atoms with E-state index in [0.29, 0.717) is 22.0 Å². The number of carbonyl (C=O) groups is 1. The van der Waals surface area contributed by atoms with E-state index in [-0.39, 0.29) is 22.9 Å². The highest BCUT2D eigenvalue weighted by Gasteiger charge is 2.16. The predicted octanol–water partition coefficient (Wildman–Crippen LogP) is 3.03. The lowest BCUT2D eigenvalue weighted by atomic mass is 10.0. The zero-order valence-corrected chi connectivity index (χ0v) is 16.8. The summed E-state index contributed by atoms with van der Waals surface area (Å²) in [5.41, 5.74) is 7.59. The van der Waals surface area contributed by atoms with Crippen molar-refractivity contribution in [3.05, 3.63) is 85.3 Å². The second kappa shape index (κ2) is 7.65. The Bertz CT molecular complexity index is 1270. The van der Waals surface area contributed by atoms with Crippen LogP contribution in [0.25, 0.3) is 11.0 Å². The lowest BCUT2D eigenvalue weighted by molar-refractivity contribution is -0.114. The van der Waals surface area contributed by atoms with Crippen molar-refractivity contribution in [2.75, 3.05) is 12.8 Å². The molecule has 146 valence electrons. The fourth-order valence-corrected chi connectivity index (χ4v) is 3.90. The van der Waals surface area contributed by atoms with Crippen molar-refractivity contribution < 1.29 is 9.53 Å². The predicted molar refractivity (Wildman–Crippen MR) is 113 cm³/mol. The topological polar surface area (TPSA) is 99.6 Å². The number of ketones is 1. The Morgan fingerprint density at radius 3 is 2.72 bits per heavy atom. The summed E-state index contributed by atoms with van der Waals surface area (Å²) in [6.07, 6.45) is 6.64. The van der Waals surface area contributed by atoms with Gasteiger partial charge in [-0.1, -0.05) is 41.1 Å². The summed E-state index contributed by atoms with van der Waals surface area (Å²) in [5.74, 6) is 0.128. The van der Waals surface area contributed by atoms with Gasteiger partial charge in [0.25, 0.3) is 5.56 Å². The second-order valence-corrected chi connectivity index (χ2v) is 7.74. The number of nitrogen functional groups attached to an aromatic ring is 1. The van der Waals surface area contributed by atoms with Crippen LogP contribution >= 0.6 is 22.9 Å². The lowest BCUT2D eigenvalue weighted by Gasteiger charge is -2.08. The summed E-state index contributed by atoms with van der Waals surface area (Å²) >= 11 is 7.22. The number of halogens is 1. The van der Waals surface area contributed by atoms with Crippen molar-refractivity contribution in [1.82, 2.24) is 14.6 Å². The number of aromatic nitrogens is 3. The van der Waals surface area contributed by atoms with E-state index < -0.39 is 5.56 Å². The van der Waals surface area contributed by atoms with Gasteiger partial charge in [0.1, 0.15) is 10.8 Å². The molecular formula is C20H15ClN4O3S. The van der Waals surface area contributed by atoms with Gasteiger partial charge in [0.05, 0.1) is 12.7 Å². The molecule has 2 N–H and O–H groups in total. The average molecular weight is 427 g/mol. The number of ether oxygens (including phenoxy) is 1. The molecule has 0 aliphatic heterocycles. The number of nitrogens with two attached hydrogens (primary N) is 1. The maximum absolute atomic E-state index is 12.5. The molecule has 3 aromatic rings. The molecule has 0 spiro atoms. The van der Waals surface area contributed by atoms with Crippen molar-refractivity contribution in [2.45, 2.75) is 6.42 Å². The molecule has 0 radical (unpaired) electrons. The van der Waals surface area contributed by atoms with Crippen LogP contribution in [0.3, 0.4) is 0 Å². The molecular weight excluding hydrogens is 412 g/mol. The van der Waals surface area contributed by atoms with Crippen LogP contribution in [0.2, 0.25) is 5.02 Å². The molecule has 1 aromatic carbocycles. The highest BCUT2D eigenvalue weighted by molar-refractivity contribution is 7.16. The number of hydrogen-bond donors (Lipinski definition) is 1. The molecule has 0 unspecified atom stereocenters. The van der Waals surface area contributed by atoms with Gasteiger partial charge in [-0.25, -0.2) is 0 Å². The van der Waals surface area contributed by atoms with Gasteiger partial charge in [0.2, 0.25) is 10.7 Å². The van der Waals surface area contributed by atoms with E-state index in [1.165, 1.54) is 29.0 Å². The van der Waals surface area contributed by atoms with Crippen molar-refractivity contribution >= 4 is 45.6 Å². The van der Waals surface area contributed by atoms with Crippen molar-refractivity contribution in [1.29, 1.82) is 0 Å². The molecule has 0 saturated carbocycles. The lowest BCUT2D eigenvalue weighted by Crippen LogP contribution is -2.17. The van der Waals surface area contributed by atoms with Crippen LogP contribution in [0.4, 0.5) is 5.82 Å². The fourth-order valence-electron chi connectivity index (χ4n) is 2.85. The maximum atomic E-state index is 12.5. The number of allylic oxidation sites excluding steroid dienone is 4. The smallest absolute Gasteiger partial charge is 0.283 e. The molecule has 0 saturated heterocycles. The van der Waals surface area contributed by atoms with E-state index >= 15 is 0 Å². The Hall–Kier alpha value is -3.23. The minimum atomic E-state index is -0.464. The molecule has 0 bridgehead atoms. The van der Waals surface area contributed by atoms with Crippen molar-refractivity contribution in [3.8, 4) is 0 Å². The summed E-state index contributed by atoms with van der Waals surface area (Å²) < 4.78 is 6.50. The molecule has 0 amide bonds. The Kier molecular flexibility index (Phi) is 5.04. The van der Waals surface area contributed by atoms with Gasteiger partial charge in [-0.3, -0.25) is 9.59 Å². The highest BCUT2D eigenvalue weighted by atomic mass is 35.5. The molecule has 0 atom stereocenters. The number of hydrogen-bond acceptors (Lipinski definition) is 7. The van der Waals surface area contributed by atoms with Crippen LogP contribution in [-0.4, -0.2) is 27.5 Å². The summed E-state index contributed by atoms with van der Waals surface area (Å²) in [7, 11) is 1.41. The summed E-state index contributed by atoms with van der Waals surface area (Å²) in [6.45, 7) is 0. The van der Waals surface area contributed by atoms with Crippen LogP contribution in [-0.2, 0) is 16.0 Å². The van der Waals surface area contributed by atoms with Crippen molar-refractivity contribution in [2.24, 2.45) is 0 Å². The zero-order valence-electron chi connectivity index (χ0n) is 15.3. The third kappa shape index (κ3) is 3.85. The van der Waals surface area contributed by atoms with Gasteiger partial charge >= 0.3 is 0 Å². The first kappa shape index (κ1) is 19.1. The number of fused-ring (bicyclic) bond motifs is 1. The Labute approximate surface area is 174 Å². The van der Waals surface area contributed by atoms with Crippen molar-refractivity contribution in [3.63, 3.8) is 0 Å². The third-order valence-electron chi connectivity index (χ3n) is 4.30. The van der Waals surface area contributed by atoms with Gasteiger partial charge in [-0.15, -0.1) is 0 Å². The van der Waals surface area contributed by atoms with E-state index in [2.05, 4.69) is 10.1 Å². The quantitative estimate of drug-likeness (QED) is 0.688. The number of anilines is 1. The summed E-state index contributed by atoms with van der Waals surface area (Å²) in [6, 6.07) is 7.46. The first-order valence-corrected chi connectivity index (χ1v) is 9.76. The molecule has 0 fully saturated rings. The standard InChI is InChI=1S/C20H15ClN4O3S/c1-28-16-9-12(4-7-15(16)26)8-14-18(22)25-20(23-19(14)27)29-17(24-25)10-11-2-5-13(21)6-3-11/h2-9H,10,22H2,1H3. The third-order valence-corrected chi connectivity index (χ3v) is 5.46. The fraction of sp³-hybridized carbons (Fsp3) is 0.100. The number of benzene rings is 1. The first-order valence-electron chi connectivity index (χ1n) is 8.57. The van der Waals surface area contributed by atoms with Gasteiger partial charge in [0.15, 0.2) is 5.76 Å². The zero-order chi connectivity index (χ0) is 20.5. The highest BCUT2D eigenvalue weighted by Crippen LogP contribution is 2.22. The maximum Gasteiger partial charge on any atom is 0.283 e. The molecule has 4 rings (SSSR count). The van der Waals surface area contributed by atoms with E-state index in [1.807, 2.05) is 24.3 Å². The molecule has 7 nitrogen and oxygen atoms in total. The second-order valence-electron chi connectivity index (χ2n) is 6.26. The Morgan fingerprint density at radius 1 is 1.24 bits per heavy atom. The average Bonchev–Trinajstić information content (AvgIpc) is 3.10. The minimum Gasteiger partial charge on any atom is -0.493 e.